The second-order valence-corrected chi connectivity index (χ2v) is 8.31. The van der Waals surface area contributed by atoms with Crippen LogP contribution in [0.3, 0.4) is 0 Å². The van der Waals surface area contributed by atoms with Crippen LogP contribution in [-0.4, -0.2) is 20.7 Å². The first-order valence-electron chi connectivity index (χ1n) is 10.1. The largest absolute Gasteiger partial charge is 0.296 e. The first-order chi connectivity index (χ1) is 15.7. The van der Waals surface area contributed by atoms with Crippen molar-refractivity contribution < 1.29 is 4.79 Å². The molecule has 0 saturated heterocycles. The summed E-state index contributed by atoms with van der Waals surface area (Å²) in [5.41, 5.74) is 1.67. The second-order valence-electron chi connectivity index (χ2n) is 7.19. The molecular weight excluding hydrogens is 420 g/mol. The molecule has 0 radical (unpaired) electrons. The van der Waals surface area contributed by atoms with Crippen LogP contribution in [-0.2, 0) is 6.42 Å². The lowest BCUT2D eigenvalue weighted by atomic mass is 10.1. The second kappa shape index (κ2) is 8.56. The first kappa shape index (κ1) is 19.8. The third-order valence-corrected chi connectivity index (χ3v) is 5.93. The Hall–Kier alpha value is -4.10. The number of nitrogens with one attached hydrogen (secondary N) is 1. The van der Waals surface area contributed by atoms with Crippen molar-refractivity contribution in [2.45, 2.75) is 6.42 Å². The fourth-order valence-electron chi connectivity index (χ4n) is 3.50. The zero-order valence-electron chi connectivity index (χ0n) is 16.9. The number of rotatable bonds is 5. The Labute approximate surface area is 187 Å². The molecule has 0 saturated carbocycles. The van der Waals surface area contributed by atoms with Crippen LogP contribution in [0.1, 0.15) is 20.9 Å². The molecule has 5 rings (SSSR count). The van der Waals surface area contributed by atoms with E-state index < -0.39 is 5.91 Å². The summed E-state index contributed by atoms with van der Waals surface area (Å²) in [6, 6.07) is 26.1. The Bertz CT molecular complexity index is 1460. The Morgan fingerprint density at radius 3 is 2.28 bits per heavy atom. The number of fused-ring (bicyclic) bond motifs is 1. The van der Waals surface area contributed by atoms with Crippen LogP contribution in [0.2, 0.25) is 0 Å². The molecule has 0 atom stereocenters. The number of anilines is 1. The smallest absolute Gasteiger partial charge is 0.279 e. The van der Waals surface area contributed by atoms with Crippen LogP contribution < -0.4 is 10.9 Å². The van der Waals surface area contributed by atoms with E-state index in [-0.39, 0.29) is 11.3 Å². The van der Waals surface area contributed by atoms with Gasteiger partial charge in [0.25, 0.3) is 11.5 Å². The summed E-state index contributed by atoms with van der Waals surface area (Å²) in [4.78, 5) is 31.6. The van der Waals surface area contributed by atoms with Gasteiger partial charge in [-0.2, -0.15) is 9.78 Å². The highest BCUT2D eigenvalue weighted by Crippen LogP contribution is 2.23. The van der Waals surface area contributed by atoms with Gasteiger partial charge in [-0.25, -0.2) is 4.98 Å². The fourth-order valence-corrected chi connectivity index (χ4v) is 4.34. The van der Waals surface area contributed by atoms with Gasteiger partial charge in [0.2, 0.25) is 0 Å². The number of amides is 1. The lowest BCUT2D eigenvalue weighted by Gasteiger charge is -2.10. The molecule has 0 aliphatic rings. The summed E-state index contributed by atoms with van der Waals surface area (Å²) in [6.07, 6.45) is 2.51. The molecule has 6 nitrogen and oxygen atoms in total. The van der Waals surface area contributed by atoms with Gasteiger partial charge in [0.15, 0.2) is 10.8 Å². The lowest BCUT2D eigenvalue weighted by molar-refractivity contribution is 0.102. The van der Waals surface area contributed by atoms with E-state index in [0.29, 0.717) is 21.6 Å². The van der Waals surface area contributed by atoms with Gasteiger partial charge >= 0.3 is 0 Å². The predicted molar refractivity (Wildman–Crippen MR) is 127 cm³/mol. The lowest BCUT2D eigenvalue weighted by Crippen LogP contribution is -2.26. The van der Waals surface area contributed by atoms with Crippen molar-refractivity contribution in [2.24, 2.45) is 0 Å². The third-order valence-electron chi connectivity index (χ3n) is 5.02. The van der Waals surface area contributed by atoms with Gasteiger partial charge in [0.1, 0.15) is 0 Å². The molecule has 2 heterocycles. The number of aromatic nitrogens is 3. The molecule has 0 aliphatic carbocycles. The molecule has 1 amide bonds. The van der Waals surface area contributed by atoms with Crippen LogP contribution >= 0.6 is 11.3 Å². The third kappa shape index (κ3) is 3.93. The van der Waals surface area contributed by atoms with Crippen molar-refractivity contribution in [1.82, 2.24) is 14.8 Å². The molecule has 0 unspecified atom stereocenters. The van der Waals surface area contributed by atoms with Crippen LogP contribution in [0.25, 0.3) is 16.5 Å². The molecule has 0 aliphatic heterocycles. The van der Waals surface area contributed by atoms with Crippen molar-refractivity contribution in [3.05, 3.63) is 118 Å². The molecule has 0 spiro atoms. The zero-order chi connectivity index (χ0) is 21.9. The Balaban J connectivity index is 1.49. The van der Waals surface area contributed by atoms with Gasteiger partial charge in [0, 0.05) is 22.9 Å². The maximum atomic E-state index is 13.2. The highest BCUT2D eigenvalue weighted by molar-refractivity contribution is 7.15. The molecule has 3 aromatic carbocycles. The monoisotopic (exact) mass is 438 g/mol. The van der Waals surface area contributed by atoms with Gasteiger partial charge in [-0.15, -0.1) is 11.3 Å². The van der Waals surface area contributed by atoms with E-state index in [1.54, 1.807) is 42.6 Å². The predicted octanol–water partition coefficient (Wildman–Crippen LogP) is 4.69. The normalized spacial score (nSPS) is 10.9. The molecule has 5 aromatic rings. The van der Waals surface area contributed by atoms with Crippen molar-refractivity contribution in [3.8, 4) is 5.69 Å². The minimum Gasteiger partial charge on any atom is -0.296 e. The molecule has 7 heteroatoms. The van der Waals surface area contributed by atoms with E-state index in [9.17, 15) is 9.59 Å². The van der Waals surface area contributed by atoms with Crippen molar-refractivity contribution in [1.29, 1.82) is 0 Å². The summed E-state index contributed by atoms with van der Waals surface area (Å²) in [5, 5.41) is 8.68. The van der Waals surface area contributed by atoms with Crippen molar-refractivity contribution in [3.63, 3.8) is 0 Å². The zero-order valence-corrected chi connectivity index (χ0v) is 17.8. The fraction of sp³-hybridized carbons (Fsp3) is 0.0400. The number of benzene rings is 3. The number of thiazole rings is 1. The van der Waals surface area contributed by atoms with Crippen LogP contribution in [0.4, 0.5) is 5.13 Å². The standard InChI is InChI=1S/C25H18N4O2S/c30-23(27-25-26-16-19(32-25)15-17-9-3-1-4-10-17)22-20-13-7-8-14-21(20)24(31)29(28-22)18-11-5-2-6-12-18/h1-14,16H,15H2,(H,26,27,30). The minimum atomic E-state index is -0.411. The van der Waals surface area contributed by atoms with Gasteiger partial charge < -0.3 is 0 Å². The molecule has 0 bridgehead atoms. The van der Waals surface area contributed by atoms with Gasteiger partial charge in [-0.1, -0.05) is 66.7 Å². The van der Waals surface area contributed by atoms with Gasteiger partial charge in [-0.05, 0) is 23.8 Å². The molecule has 32 heavy (non-hydrogen) atoms. The first-order valence-corrected chi connectivity index (χ1v) is 10.9. The Morgan fingerprint density at radius 1 is 0.875 bits per heavy atom. The number of para-hydroxylation sites is 1. The van der Waals surface area contributed by atoms with Crippen LogP contribution in [0.15, 0.2) is 95.9 Å². The van der Waals surface area contributed by atoms with Crippen LogP contribution in [0, 0.1) is 0 Å². The summed E-state index contributed by atoms with van der Waals surface area (Å²) < 4.78 is 1.26. The van der Waals surface area contributed by atoms with Crippen LogP contribution in [0.5, 0.6) is 0 Å². The van der Waals surface area contributed by atoms with Gasteiger partial charge in [-0.3, -0.25) is 14.9 Å². The number of carbonyl (C=O) groups excluding carboxylic acids is 1. The number of carbonyl (C=O) groups is 1. The highest BCUT2D eigenvalue weighted by atomic mass is 32.1. The molecule has 0 fully saturated rings. The Kier molecular flexibility index (Phi) is 5.31. The molecule has 1 N–H and O–H groups in total. The number of nitrogens with zero attached hydrogens (tertiary/aromatic N) is 3. The Morgan fingerprint density at radius 2 is 1.53 bits per heavy atom. The molecule has 156 valence electrons. The van der Waals surface area contributed by atoms with E-state index in [1.807, 2.05) is 36.4 Å². The topological polar surface area (TPSA) is 76.9 Å². The van der Waals surface area contributed by atoms with E-state index in [0.717, 1.165) is 11.3 Å². The van der Waals surface area contributed by atoms with Crippen molar-refractivity contribution >= 4 is 33.1 Å². The molecular formula is C25H18N4O2S. The van der Waals surface area contributed by atoms with E-state index in [4.69, 9.17) is 0 Å². The SMILES string of the molecule is O=C(Nc1ncc(Cc2ccccc2)s1)c1nn(-c2ccccc2)c(=O)c2ccccc12. The summed E-state index contributed by atoms with van der Waals surface area (Å²) >= 11 is 1.42. The number of hydrogen-bond acceptors (Lipinski definition) is 5. The van der Waals surface area contributed by atoms with E-state index in [1.165, 1.54) is 21.6 Å². The maximum absolute atomic E-state index is 13.2. The van der Waals surface area contributed by atoms with E-state index in [2.05, 4.69) is 27.5 Å². The van der Waals surface area contributed by atoms with Crippen molar-refractivity contribution in [2.75, 3.05) is 5.32 Å². The molecule has 2 aromatic heterocycles. The quantitative estimate of drug-likeness (QED) is 0.432. The minimum absolute atomic E-state index is 0.170. The summed E-state index contributed by atoms with van der Waals surface area (Å²) in [7, 11) is 0. The average molecular weight is 439 g/mol. The maximum Gasteiger partial charge on any atom is 0.279 e. The summed E-state index contributed by atoms with van der Waals surface area (Å²) in [6.45, 7) is 0. The average Bonchev–Trinajstić information content (AvgIpc) is 3.27. The van der Waals surface area contributed by atoms with E-state index >= 15 is 0 Å². The highest BCUT2D eigenvalue weighted by Gasteiger charge is 2.18. The number of hydrogen-bond donors (Lipinski definition) is 1. The van der Waals surface area contributed by atoms with Gasteiger partial charge in [0.05, 0.1) is 11.1 Å². The summed E-state index contributed by atoms with van der Waals surface area (Å²) in [5.74, 6) is -0.411.